The minimum Gasteiger partial charge on any atom is -0.497 e. The molecule has 0 saturated carbocycles. The first-order valence-corrected chi connectivity index (χ1v) is 5.93. The summed E-state index contributed by atoms with van der Waals surface area (Å²) in [5, 5.41) is 10.3. The van der Waals surface area contributed by atoms with Crippen LogP contribution >= 0.6 is 0 Å². The van der Waals surface area contributed by atoms with Crippen molar-refractivity contribution in [3.05, 3.63) is 12.3 Å². The smallest absolute Gasteiger partial charge is 0.166 e. The first-order chi connectivity index (χ1) is 7.22. The molecule has 0 aromatic carbocycles. The number of aliphatic hydroxyl groups excluding tert-OH is 1. The molecule has 1 rings (SSSR count). The van der Waals surface area contributed by atoms with Gasteiger partial charge < -0.3 is 9.84 Å². The van der Waals surface area contributed by atoms with Crippen LogP contribution in [0.4, 0.5) is 0 Å². The third kappa shape index (κ3) is 2.41. The molecule has 0 aromatic rings. The average molecular weight is 227 g/mol. The van der Waals surface area contributed by atoms with E-state index >= 15 is 0 Å². The maximum atomic E-state index is 10.3. The Kier molecular flexibility index (Phi) is 3.70. The summed E-state index contributed by atoms with van der Waals surface area (Å²) in [6.07, 6.45) is 2.65. The predicted octanol–water partition coefficient (Wildman–Crippen LogP) is 2.51. The Bertz CT molecular complexity index is 255. The van der Waals surface area contributed by atoms with E-state index in [1.165, 1.54) is 6.42 Å². The Morgan fingerprint density at radius 2 is 1.69 bits per heavy atom. The van der Waals surface area contributed by atoms with Gasteiger partial charge in [0.2, 0.25) is 0 Å². The zero-order chi connectivity index (χ0) is 12.6. The van der Waals surface area contributed by atoms with E-state index in [2.05, 4.69) is 39.2 Å². The third-order valence-electron chi connectivity index (χ3n) is 3.68. The van der Waals surface area contributed by atoms with Gasteiger partial charge in [-0.3, -0.25) is 4.90 Å². The lowest BCUT2D eigenvalue weighted by Crippen LogP contribution is -2.62. The molecule has 94 valence electrons. The number of hydrogen-bond acceptors (Lipinski definition) is 3. The molecule has 3 heteroatoms. The second kappa shape index (κ2) is 4.38. The van der Waals surface area contributed by atoms with Gasteiger partial charge in [0.15, 0.2) is 6.23 Å². The molecule has 0 bridgehead atoms. The highest BCUT2D eigenvalue weighted by Gasteiger charge is 2.45. The highest BCUT2D eigenvalue weighted by atomic mass is 16.5. The standard InChI is InChI=1S/C13H25NO2/c1-10(16-6)11(15)14-12(2,3)8-7-9-13(14,4)5/h11,15H,1,7-9H2,2-6H3. The summed E-state index contributed by atoms with van der Waals surface area (Å²) in [6, 6.07) is 0. The van der Waals surface area contributed by atoms with E-state index in [1.54, 1.807) is 7.11 Å². The van der Waals surface area contributed by atoms with Crippen molar-refractivity contribution < 1.29 is 9.84 Å². The first-order valence-electron chi connectivity index (χ1n) is 5.93. The molecule has 0 spiro atoms. The minimum absolute atomic E-state index is 0.0252. The summed E-state index contributed by atoms with van der Waals surface area (Å²) in [5.41, 5.74) is -0.0503. The van der Waals surface area contributed by atoms with Crippen LogP contribution in [0.15, 0.2) is 12.3 Å². The second-order valence-electron chi connectivity index (χ2n) is 5.89. The Morgan fingerprint density at radius 1 is 1.25 bits per heavy atom. The number of aliphatic hydroxyl groups is 1. The van der Waals surface area contributed by atoms with E-state index < -0.39 is 6.23 Å². The molecule has 1 atom stereocenters. The maximum Gasteiger partial charge on any atom is 0.166 e. The summed E-state index contributed by atoms with van der Waals surface area (Å²) < 4.78 is 5.07. The van der Waals surface area contributed by atoms with E-state index in [4.69, 9.17) is 4.74 Å². The zero-order valence-electron chi connectivity index (χ0n) is 11.2. The van der Waals surface area contributed by atoms with Crippen LogP contribution in [0.1, 0.15) is 47.0 Å². The second-order valence-corrected chi connectivity index (χ2v) is 5.89. The van der Waals surface area contributed by atoms with Gasteiger partial charge >= 0.3 is 0 Å². The number of likely N-dealkylation sites (tertiary alicyclic amines) is 1. The Morgan fingerprint density at radius 3 is 2.06 bits per heavy atom. The van der Waals surface area contributed by atoms with E-state index in [1.807, 2.05) is 0 Å². The van der Waals surface area contributed by atoms with Gasteiger partial charge in [-0.05, 0) is 47.0 Å². The van der Waals surface area contributed by atoms with E-state index in [0.717, 1.165) is 12.8 Å². The van der Waals surface area contributed by atoms with Gasteiger partial charge in [-0.15, -0.1) is 0 Å². The molecule has 16 heavy (non-hydrogen) atoms. The highest BCUT2D eigenvalue weighted by Crippen LogP contribution is 2.40. The van der Waals surface area contributed by atoms with Crippen LogP contribution in [-0.2, 0) is 4.74 Å². The number of rotatable bonds is 3. The molecular formula is C13H25NO2. The largest absolute Gasteiger partial charge is 0.497 e. The van der Waals surface area contributed by atoms with Crippen molar-refractivity contribution in [1.82, 2.24) is 4.90 Å². The molecule has 1 fully saturated rings. The molecule has 1 unspecified atom stereocenters. The lowest BCUT2D eigenvalue weighted by Gasteiger charge is -2.54. The lowest BCUT2D eigenvalue weighted by atomic mass is 9.79. The number of piperidine rings is 1. The van der Waals surface area contributed by atoms with Crippen molar-refractivity contribution in [1.29, 1.82) is 0 Å². The average Bonchev–Trinajstić information content (AvgIpc) is 2.13. The van der Waals surface area contributed by atoms with Crippen molar-refractivity contribution in [3.63, 3.8) is 0 Å². The molecule has 1 aliphatic heterocycles. The number of methoxy groups -OCH3 is 1. The van der Waals surface area contributed by atoms with Gasteiger partial charge in [0, 0.05) is 11.1 Å². The van der Waals surface area contributed by atoms with Crippen LogP contribution < -0.4 is 0 Å². The third-order valence-corrected chi connectivity index (χ3v) is 3.68. The zero-order valence-corrected chi connectivity index (χ0v) is 11.2. The molecule has 0 aromatic heterocycles. The molecule has 1 aliphatic rings. The van der Waals surface area contributed by atoms with Crippen LogP contribution in [0.2, 0.25) is 0 Å². The van der Waals surface area contributed by atoms with Crippen LogP contribution in [0.25, 0.3) is 0 Å². The van der Waals surface area contributed by atoms with Crippen LogP contribution in [0.5, 0.6) is 0 Å². The Balaban J connectivity index is 2.99. The fourth-order valence-corrected chi connectivity index (χ4v) is 2.93. The molecule has 1 saturated heterocycles. The van der Waals surface area contributed by atoms with Crippen molar-refractivity contribution in [2.75, 3.05) is 7.11 Å². The normalized spacial score (nSPS) is 26.1. The molecule has 3 nitrogen and oxygen atoms in total. The summed E-state index contributed by atoms with van der Waals surface area (Å²) in [4.78, 5) is 2.12. The summed E-state index contributed by atoms with van der Waals surface area (Å²) >= 11 is 0. The topological polar surface area (TPSA) is 32.7 Å². The maximum absolute atomic E-state index is 10.3. The van der Waals surface area contributed by atoms with Gasteiger partial charge in [0.05, 0.1) is 7.11 Å². The number of nitrogens with zero attached hydrogens (tertiary/aromatic N) is 1. The Hall–Kier alpha value is -0.540. The van der Waals surface area contributed by atoms with E-state index in [0.29, 0.717) is 5.76 Å². The van der Waals surface area contributed by atoms with Gasteiger partial charge in [-0.1, -0.05) is 6.58 Å². The van der Waals surface area contributed by atoms with Crippen LogP contribution in [0.3, 0.4) is 0 Å². The summed E-state index contributed by atoms with van der Waals surface area (Å²) in [7, 11) is 1.55. The van der Waals surface area contributed by atoms with E-state index in [-0.39, 0.29) is 11.1 Å². The predicted molar refractivity (Wildman–Crippen MR) is 66.0 cm³/mol. The van der Waals surface area contributed by atoms with Gasteiger partial charge in [-0.25, -0.2) is 0 Å². The molecule has 0 radical (unpaired) electrons. The fraction of sp³-hybridized carbons (Fsp3) is 0.846. The highest BCUT2D eigenvalue weighted by molar-refractivity contribution is 5.04. The first kappa shape index (κ1) is 13.5. The molecule has 0 amide bonds. The monoisotopic (exact) mass is 227 g/mol. The minimum atomic E-state index is -0.727. The van der Waals surface area contributed by atoms with Gasteiger partial charge in [0.25, 0.3) is 0 Å². The Labute approximate surface area is 99.1 Å². The van der Waals surface area contributed by atoms with Crippen LogP contribution in [0, 0.1) is 0 Å². The molecular weight excluding hydrogens is 202 g/mol. The molecule has 1 N–H and O–H groups in total. The summed E-state index contributed by atoms with van der Waals surface area (Å²) in [6.45, 7) is 12.4. The van der Waals surface area contributed by atoms with Gasteiger partial charge in [0.1, 0.15) is 5.76 Å². The van der Waals surface area contributed by atoms with Gasteiger partial charge in [-0.2, -0.15) is 0 Å². The molecule has 0 aliphatic carbocycles. The van der Waals surface area contributed by atoms with Crippen molar-refractivity contribution in [2.24, 2.45) is 0 Å². The SMILES string of the molecule is C=C(OC)C(O)N1C(C)(C)CCCC1(C)C. The van der Waals surface area contributed by atoms with Crippen molar-refractivity contribution in [2.45, 2.75) is 64.3 Å². The fourth-order valence-electron chi connectivity index (χ4n) is 2.93. The van der Waals surface area contributed by atoms with E-state index in [9.17, 15) is 5.11 Å². The quantitative estimate of drug-likeness (QED) is 0.752. The number of ether oxygens (including phenoxy) is 1. The number of hydrogen-bond donors (Lipinski definition) is 1. The molecule has 1 heterocycles. The lowest BCUT2D eigenvalue weighted by molar-refractivity contribution is -0.136. The van der Waals surface area contributed by atoms with Crippen molar-refractivity contribution in [3.8, 4) is 0 Å². The van der Waals surface area contributed by atoms with Crippen LogP contribution in [-0.4, -0.2) is 34.4 Å². The van der Waals surface area contributed by atoms with Crippen molar-refractivity contribution >= 4 is 0 Å². The summed E-state index contributed by atoms with van der Waals surface area (Å²) in [5.74, 6) is 0.419.